The van der Waals surface area contributed by atoms with Crippen LogP contribution in [0.3, 0.4) is 0 Å². The summed E-state index contributed by atoms with van der Waals surface area (Å²) < 4.78 is 56.1. The van der Waals surface area contributed by atoms with Crippen molar-refractivity contribution in [1.82, 2.24) is 5.32 Å². The molecule has 0 fully saturated rings. The molecule has 0 aliphatic heterocycles. The average molecular weight is 323 g/mol. The molecule has 120 valence electrons. The second-order valence-corrected chi connectivity index (χ2v) is 6.66. The van der Waals surface area contributed by atoms with Gasteiger partial charge >= 0.3 is 6.61 Å². The van der Waals surface area contributed by atoms with E-state index in [-0.39, 0.29) is 17.3 Å². The Bertz CT molecular complexity index is 549. The van der Waals surface area contributed by atoms with Crippen LogP contribution in [0.25, 0.3) is 0 Å². The molecule has 8 heteroatoms. The lowest BCUT2D eigenvalue weighted by Gasteiger charge is -2.13. The second-order valence-electron chi connectivity index (χ2n) is 4.40. The molecular weight excluding hydrogens is 304 g/mol. The number of halogens is 2. The van der Waals surface area contributed by atoms with E-state index in [0.717, 1.165) is 5.56 Å². The lowest BCUT2D eigenvalue weighted by Crippen LogP contribution is -2.22. The van der Waals surface area contributed by atoms with Crippen molar-refractivity contribution in [3.05, 3.63) is 23.8 Å². The minimum atomic E-state index is -3.01. The summed E-state index contributed by atoms with van der Waals surface area (Å²) in [5, 5.41) is 2.96. The molecule has 1 aromatic carbocycles. The maximum Gasteiger partial charge on any atom is 0.387 e. The first-order valence-electron chi connectivity index (χ1n) is 6.41. The van der Waals surface area contributed by atoms with Crippen LogP contribution >= 0.6 is 0 Å². The first-order chi connectivity index (χ1) is 9.81. The van der Waals surface area contributed by atoms with Gasteiger partial charge in [0.1, 0.15) is 9.84 Å². The van der Waals surface area contributed by atoms with E-state index < -0.39 is 16.4 Å². The monoisotopic (exact) mass is 323 g/mol. The Balaban J connectivity index is 2.65. The molecule has 0 saturated carbocycles. The number of rotatable bonds is 9. The fourth-order valence-corrected chi connectivity index (χ4v) is 2.13. The van der Waals surface area contributed by atoms with Crippen molar-refractivity contribution in [2.24, 2.45) is 0 Å². The zero-order valence-corrected chi connectivity index (χ0v) is 12.8. The third kappa shape index (κ3) is 7.24. The van der Waals surface area contributed by atoms with E-state index in [1.807, 2.05) is 0 Å². The van der Waals surface area contributed by atoms with Gasteiger partial charge in [-0.1, -0.05) is 6.07 Å². The van der Waals surface area contributed by atoms with Crippen molar-refractivity contribution in [3.8, 4) is 11.5 Å². The van der Waals surface area contributed by atoms with Crippen molar-refractivity contribution in [2.75, 3.05) is 25.2 Å². The highest BCUT2D eigenvalue weighted by molar-refractivity contribution is 7.90. The first-order valence-corrected chi connectivity index (χ1v) is 8.47. The van der Waals surface area contributed by atoms with Crippen LogP contribution in [0.1, 0.15) is 12.5 Å². The number of hydrogen-bond donors (Lipinski definition) is 1. The summed E-state index contributed by atoms with van der Waals surface area (Å²) in [6.45, 7) is -0.126. The molecule has 0 amide bonds. The van der Waals surface area contributed by atoms with Gasteiger partial charge in [0.15, 0.2) is 11.5 Å². The minimum Gasteiger partial charge on any atom is -0.490 e. The van der Waals surface area contributed by atoms with Crippen LogP contribution in [0.4, 0.5) is 8.78 Å². The second kappa shape index (κ2) is 8.14. The molecule has 21 heavy (non-hydrogen) atoms. The highest BCUT2D eigenvalue weighted by Gasteiger charge is 2.11. The lowest BCUT2D eigenvalue weighted by atomic mass is 10.2. The standard InChI is InChI=1S/C13H19F2NO4S/c1-3-19-12-8-10(4-5-11(12)20-13(14)15)9-16-6-7-21(2,17)18/h4-5,8,13,16H,3,6-7,9H2,1-2H3. The fourth-order valence-electron chi connectivity index (χ4n) is 1.61. The fraction of sp³-hybridized carbons (Fsp3) is 0.538. The number of ether oxygens (including phenoxy) is 2. The Hall–Kier alpha value is -1.41. The van der Waals surface area contributed by atoms with E-state index in [4.69, 9.17) is 4.74 Å². The van der Waals surface area contributed by atoms with Gasteiger partial charge in [-0.2, -0.15) is 8.78 Å². The van der Waals surface area contributed by atoms with Crippen LogP contribution in [0.2, 0.25) is 0 Å². The quantitative estimate of drug-likeness (QED) is 0.702. The van der Waals surface area contributed by atoms with Gasteiger partial charge in [0.05, 0.1) is 12.4 Å². The van der Waals surface area contributed by atoms with Gasteiger partial charge in [0, 0.05) is 19.3 Å². The molecule has 0 radical (unpaired) electrons. The van der Waals surface area contributed by atoms with Crippen molar-refractivity contribution in [3.63, 3.8) is 0 Å². The van der Waals surface area contributed by atoms with Crippen LogP contribution in [0, 0.1) is 0 Å². The summed E-state index contributed by atoms with van der Waals surface area (Å²) in [5.74, 6) is 0.254. The smallest absolute Gasteiger partial charge is 0.387 e. The van der Waals surface area contributed by atoms with E-state index in [1.165, 1.54) is 12.3 Å². The summed E-state index contributed by atoms with van der Waals surface area (Å²) in [7, 11) is -3.01. The molecule has 0 aliphatic carbocycles. The number of hydrogen-bond acceptors (Lipinski definition) is 5. The molecule has 0 spiro atoms. The lowest BCUT2D eigenvalue weighted by molar-refractivity contribution is -0.0514. The van der Waals surface area contributed by atoms with Gasteiger partial charge in [0.25, 0.3) is 0 Å². The van der Waals surface area contributed by atoms with E-state index in [2.05, 4.69) is 10.1 Å². The molecule has 1 rings (SSSR count). The van der Waals surface area contributed by atoms with Crippen molar-refractivity contribution >= 4 is 9.84 Å². The van der Waals surface area contributed by atoms with Gasteiger partial charge in [-0.3, -0.25) is 0 Å². The summed E-state index contributed by atoms with van der Waals surface area (Å²) in [4.78, 5) is 0. The summed E-state index contributed by atoms with van der Waals surface area (Å²) in [5.41, 5.74) is 0.786. The van der Waals surface area contributed by atoms with Gasteiger partial charge in [0.2, 0.25) is 0 Å². The number of nitrogens with one attached hydrogen (secondary N) is 1. The van der Waals surface area contributed by atoms with Crippen LogP contribution in [0.5, 0.6) is 11.5 Å². The Morgan fingerprint density at radius 1 is 1.29 bits per heavy atom. The van der Waals surface area contributed by atoms with Gasteiger partial charge < -0.3 is 14.8 Å². The Kier molecular flexibility index (Phi) is 6.83. The molecule has 5 nitrogen and oxygen atoms in total. The van der Waals surface area contributed by atoms with Gasteiger partial charge in [-0.05, 0) is 24.6 Å². The molecule has 1 aromatic rings. The summed E-state index contributed by atoms with van der Waals surface area (Å²) in [6.07, 6.45) is 1.17. The van der Waals surface area contributed by atoms with Crippen LogP contribution in [-0.4, -0.2) is 40.2 Å². The molecule has 0 aliphatic rings. The third-order valence-corrected chi connectivity index (χ3v) is 3.45. The average Bonchev–Trinajstić information content (AvgIpc) is 2.36. The molecule has 0 bridgehead atoms. The molecule has 0 saturated heterocycles. The number of sulfone groups is 1. The topological polar surface area (TPSA) is 64.6 Å². The maximum absolute atomic E-state index is 12.3. The zero-order chi connectivity index (χ0) is 15.9. The highest BCUT2D eigenvalue weighted by Crippen LogP contribution is 2.29. The largest absolute Gasteiger partial charge is 0.490 e. The van der Waals surface area contributed by atoms with Gasteiger partial charge in [-0.15, -0.1) is 0 Å². The SMILES string of the molecule is CCOc1cc(CNCCS(C)(=O)=O)ccc1OC(F)F. The normalized spacial score (nSPS) is 11.7. The van der Waals surface area contributed by atoms with Crippen molar-refractivity contribution < 1.29 is 26.7 Å². The van der Waals surface area contributed by atoms with E-state index >= 15 is 0 Å². The maximum atomic E-state index is 12.3. The molecule has 1 N–H and O–H groups in total. The predicted molar refractivity (Wildman–Crippen MR) is 75.7 cm³/mol. The first kappa shape index (κ1) is 17.6. The molecule has 0 atom stereocenters. The Labute approximate surface area is 123 Å². The molecule has 0 heterocycles. The van der Waals surface area contributed by atoms with Crippen LogP contribution in [0.15, 0.2) is 18.2 Å². The van der Waals surface area contributed by atoms with Gasteiger partial charge in [-0.25, -0.2) is 8.42 Å². The van der Waals surface area contributed by atoms with Crippen LogP contribution in [-0.2, 0) is 16.4 Å². The molecule has 0 aromatic heterocycles. The molecular formula is C13H19F2NO4S. The number of benzene rings is 1. The Morgan fingerprint density at radius 3 is 2.57 bits per heavy atom. The van der Waals surface area contributed by atoms with Crippen LogP contribution < -0.4 is 14.8 Å². The molecule has 0 unspecified atom stereocenters. The highest BCUT2D eigenvalue weighted by atomic mass is 32.2. The number of alkyl halides is 2. The van der Waals surface area contributed by atoms with E-state index in [1.54, 1.807) is 19.1 Å². The summed E-state index contributed by atoms with van der Waals surface area (Å²) >= 11 is 0. The minimum absolute atomic E-state index is 0.0215. The van der Waals surface area contributed by atoms with Crippen molar-refractivity contribution in [1.29, 1.82) is 0 Å². The van der Waals surface area contributed by atoms with E-state index in [0.29, 0.717) is 19.7 Å². The van der Waals surface area contributed by atoms with E-state index in [9.17, 15) is 17.2 Å². The summed E-state index contributed by atoms with van der Waals surface area (Å²) in [6, 6.07) is 4.62. The zero-order valence-electron chi connectivity index (χ0n) is 11.9. The Morgan fingerprint density at radius 2 is 2.00 bits per heavy atom. The van der Waals surface area contributed by atoms with Crippen molar-refractivity contribution in [2.45, 2.75) is 20.1 Å². The third-order valence-electron chi connectivity index (χ3n) is 2.50. The predicted octanol–water partition coefficient (Wildman–Crippen LogP) is 1.82.